The molecule has 1 amide bonds. The number of aromatic hydroxyl groups is 1. The van der Waals surface area contributed by atoms with Crippen molar-refractivity contribution < 1.29 is 9.90 Å². The van der Waals surface area contributed by atoms with E-state index in [0.717, 1.165) is 33.6 Å². The van der Waals surface area contributed by atoms with E-state index in [-0.39, 0.29) is 11.7 Å². The van der Waals surface area contributed by atoms with Crippen molar-refractivity contribution in [1.29, 1.82) is 0 Å². The number of rotatable bonds is 2. The number of aromatic nitrogens is 1. The monoisotopic (exact) mass is 316 g/mol. The Balaban J connectivity index is 1.78. The van der Waals surface area contributed by atoms with Gasteiger partial charge in [0, 0.05) is 23.1 Å². The van der Waals surface area contributed by atoms with Crippen molar-refractivity contribution in [2.75, 3.05) is 5.32 Å². The van der Waals surface area contributed by atoms with Crippen molar-refractivity contribution in [3.05, 3.63) is 71.5 Å². The number of amides is 1. The van der Waals surface area contributed by atoms with Gasteiger partial charge in [-0.05, 0) is 60.0 Å². The van der Waals surface area contributed by atoms with Gasteiger partial charge in [-0.25, -0.2) is 0 Å². The minimum Gasteiger partial charge on any atom is -0.508 e. The quantitative estimate of drug-likeness (QED) is 0.621. The Morgan fingerprint density at radius 3 is 2.62 bits per heavy atom. The minimum absolute atomic E-state index is 0.0980. The van der Waals surface area contributed by atoms with Gasteiger partial charge < -0.3 is 15.4 Å². The molecule has 0 bridgehead atoms. The first kappa shape index (κ1) is 14.3. The molecule has 4 nitrogen and oxygen atoms in total. The smallest absolute Gasteiger partial charge is 0.256 e. The van der Waals surface area contributed by atoms with Gasteiger partial charge in [0.15, 0.2) is 0 Å². The van der Waals surface area contributed by atoms with Crippen molar-refractivity contribution in [1.82, 2.24) is 4.98 Å². The maximum Gasteiger partial charge on any atom is 0.256 e. The molecule has 3 aromatic rings. The molecule has 4 heteroatoms. The lowest BCUT2D eigenvalue weighted by Gasteiger charge is -2.08. The van der Waals surface area contributed by atoms with Gasteiger partial charge in [0.2, 0.25) is 0 Å². The Bertz CT molecular complexity index is 969. The Morgan fingerprint density at radius 2 is 1.88 bits per heavy atom. The molecule has 0 atom stereocenters. The van der Waals surface area contributed by atoms with E-state index in [1.54, 1.807) is 12.1 Å². The van der Waals surface area contributed by atoms with Crippen LogP contribution in [0, 0.1) is 6.92 Å². The molecule has 118 valence electrons. The number of hydrogen-bond donors (Lipinski definition) is 3. The van der Waals surface area contributed by atoms with Gasteiger partial charge in [0.1, 0.15) is 5.75 Å². The number of aryl methyl sites for hydroxylation is 1. The highest BCUT2D eigenvalue weighted by molar-refractivity contribution is 6.35. The summed E-state index contributed by atoms with van der Waals surface area (Å²) in [5.41, 5.74) is 6.28. The third-order valence-electron chi connectivity index (χ3n) is 4.25. The number of fused-ring (bicyclic) bond motifs is 1. The third-order valence-corrected chi connectivity index (χ3v) is 4.25. The zero-order valence-electron chi connectivity index (χ0n) is 13.1. The van der Waals surface area contributed by atoms with E-state index >= 15 is 0 Å². The average molecular weight is 316 g/mol. The SMILES string of the molecule is Cc1cc(O)ccc1-c1ccc2c(c1)NC(=O)/C2=C\c1ccc[nH]1. The fraction of sp³-hybridized carbons (Fsp3) is 0.0500. The summed E-state index contributed by atoms with van der Waals surface area (Å²) in [5, 5.41) is 12.5. The predicted octanol–water partition coefficient (Wildman–Crippen LogP) is 4.19. The standard InChI is InChI=1S/C20H16N2O2/c1-12-9-15(23)5-7-16(12)13-4-6-17-18(11-14-3-2-8-21-14)20(24)22-19(17)10-13/h2-11,21,23H,1H3,(H,22,24)/b18-11-. The van der Waals surface area contributed by atoms with E-state index in [9.17, 15) is 9.90 Å². The van der Waals surface area contributed by atoms with E-state index in [1.165, 1.54) is 0 Å². The number of phenols is 1. The molecule has 0 unspecified atom stereocenters. The molecule has 3 N–H and O–H groups in total. The van der Waals surface area contributed by atoms with Crippen LogP contribution in [0.25, 0.3) is 22.8 Å². The summed E-state index contributed by atoms with van der Waals surface area (Å²) in [6.07, 6.45) is 3.68. The van der Waals surface area contributed by atoms with Crippen LogP contribution in [0.5, 0.6) is 5.75 Å². The van der Waals surface area contributed by atoms with E-state index in [4.69, 9.17) is 0 Å². The lowest BCUT2D eigenvalue weighted by Crippen LogP contribution is -2.03. The molecule has 24 heavy (non-hydrogen) atoms. The van der Waals surface area contributed by atoms with Crippen molar-refractivity contribution in [3.8, 4) is 16.9 Å². The summed E-state index contributed by atoms with van der Waals surface area (Å²) < 4.78 is 0. The molecule has 4 rings (SSSR count). The number of hydrogen-bond acceptors (Lipinski definition) is 2. The summed E-state index contributed by atoms with van der Waals surface area (Å²) in [5.74, 6) is 0.154. The van der Waals surface area contributed by atoms with Crippen molar-refractivity contribution in [2.45, 2.75) is 6.92 Å². The topological polar surface area (TPSA) is 65.1 Å². The fourth-order valence-electron chi connectivity index (χ4n) is 3.07. The van der Waals surface area contributed by atoms with Gasteiger partial charge in [0.05, 0.1) is 5.57 Å². The van der Waals surface area contributed by atoms with E-state index in [2.05, 4.69) is 10.3 Å². The first-order valence-electron chi connectivity index (χ1n) is 7.73. The summed E-state index contributed by atoms with van der Waals surface area (Å²) in [4.78, 5) is 15.4. The summed E-state index contributed by atoms with van der Waals surface area (Å²) in [6, 6.07) is 15.1. The minimum atomic E-state index is -0.0980. The normalized spacial score (nSPS) is 14.7. The van der Waals surface area contributed by atoms with Crippen molar-refractivity contribution in [2.24, 2.45) is 0 Å². The second-order valence-corrected chi connectivity index (χ2v) is 5.90. The van der Waals surface area contributed by atoms with Gasteiger partial charge in [-0.15, -0.1) is 0 Å². The lowest BCUT2D eigenvalue weighted by molar-refractivity contribution is -0.110. The lowest BCUT2D eigenvalue weighted by atomic mass is 9.97. The molecular formula is C20H16N2O2. The van der Waals surface area contributed by atoms with E-state index < -0.39 is 0 Å². The summed E-state index contributed by atoms with van der Waals surface area (Å²) >= 11 is 0. The molecule has 1 aliphatic rings. The molecule has 0 fully saturated rings. The molecule has 2 aromatic carbocycles. The summed E-state index contributed by atoms with van der Waals surface area (Å²) in [7, 11) is 0. The molecule has 0 spiro atoms. The van der Waals surface area contributed by atoms with Crippen molar-refractivity contribution >= 4 is 23.2 Å². The van der Waals surface area contributed by atoms with Crippen LogP contribution in [0.4, 0.5) is 5.69 Å². The zero-order chi connectivity index (χ0) is 16.7. The van der Waals surface area contributed by atoms with Crippen LogP contribution in [0.15, 0.2) is 54.7 Å². The highest BCUT2D eigenvalue weighted by Crippen LogP contribution is 2.37. The number of carbonyl (C=O) groups excluding carboxylic acids is 1. The predicted molar refractivity (Wildman–Crippen MR) is 95.6 cm³/mol. The van der Waals surface area contributed by atoms with Crippen LogP contribution in [0.1, 0.15) is 16.8 Å². The van der Waals surface area contributed by atoms with Crippen molar-refractivity contribution in [3.63, 3.8) is 0 Å². The van der Waals surface area contributed by atoms with E-state index in [0.29, 0.717) is 5.57 Å². The number of phenolic OH excluding ortho intramolecular Hbond substituents is 1. The molecule has 2 heterocycles. The van der Waals surface area contributed by atoms with Crippen LogP contribution >= 0.6 is 0 Å². The molecule has 1 aliphatic heterocycles. The molecule has 0 aliphatic carbocycles. The van der Waals surface area contributed by atoms with Gasteiger partial charge in [-0.2, -0.15) is 0 Å². The number of benzene rings is 2. The maximum absolute atomic E-state index is 12.3. The van der Waals surface area contributed by atoms with Gasteiger partial charge in [-0.3, -0.25) is 4.79 Å². The number of carbonyl (C=O) groups is 1. The first-order chi connectivity index (χ1) is 11.6. The Hall–Kier alpha value is -3.27. The highest BCUT2D eigenvalue weighted by atomic mass is 16.3. The van der Waals surface area contributed by atoms with Crippen LogP contribution in [0.3, 0.4) is 0 Å². The highest BCUT2D eigenvalue weighted by Gasteiger charge is 2.24. The zero-order valence-corrected chi connectivity index (χ0v) is 13.1. The van der Waals surface area contributed by atoms with Crippen LogP contribution in [-0.4, -0.2) is 16.0 Å². The average Bonchev–Trinajstić information content (AvgIpc) is 3.16. The van der Waals surface area contributed by atoms with Crippen LogP contribution in [-0.2, 0) is 4.79 Å². The molecule has 0 saturated heterocycles. The van der Waals surface area contributed by atoms with E-state index in [1.807, 2.05) is 55.6 Å². The Morgan fingerprint density at radius 1 is 1.04 bits per heavy atom. The number of H-pyrrole nitrogens is 1. The second-order valence-electron chi connectivity index (χ2n) is 5.90. The first-order valence-corrected chi connectivity index (χ1v) is 7.73. The Kier molecular flexibility index (Phi) is 3.24. The molecular weight excluding hydrogens is 300 g/mol. The van der Waals surface area contributed by atoms with Crippen LogP contribution in [0.2, 0.25) is 0 Å². The van der Waals surface area contributed by atoms with Crippen LogP contribution < -0.4 is 5.32 Å². The molecule has 0 radical (unpaired) electrons. The third kappa shape index (κ3) is 2.38. The molecule has 1 aromatic heterocycles. The largest absolute Gasteiger partial charge is 0.508 e. The summed E-state index contributed by atoms with van der Waals surface area (Å²) in [6.45, 7) is 1.96. The molecule has 0 saturated carbocycles. The van der Waals surface area contributed by atoms with Gasteiger partial charge >= 0.3 is 0 Å². The fourth-order valence-corrected chi connectivity index (χ4v) is 3.07. The second kappa shape index (κ2) is 5.42. The Labute approximate surface area is 139 Å². The van der Waals surface area contributed by atoms with Gasteiger partial charge in [-0.1, -0.05) is 18.2 Å². The maximum atomic E-state index is 12.3. The number of nitrogens with one attached hydrogen (secondary N) is 2. The van der Waals surface area contributed by atoms with Gasteiger partial charge in [0.25, 0.3) is 5.91 Å². The number of anilines is 1. The number of aromatic amines is 1.